The largest absolute Gasteiger partial charge is 0.409 e. The van der Waals surface area contributed by atoms with Crippen LogP contribution in [-0.2, 0) is 31.2 Å². The second-order valence-corrected chi connectivity index (χ2v) is 10.0. The van der Waals surface area contributed by atoms with Gasteiger partial charge in [-0.15, -0.1) is 0 Å². The number of hydrogen-bond donors (Lipinski definition) is 2. The zero-order chi connectivity index (χ0) is 26.5. The summed E-state index contributed by atoms with van der Waals surface area (Å²) < 4.78 is 58.8. The fraction of sp³-hybridized carbons (Fsp3) is 0.375. The maximum absolute atomic E-state index is 14.1. The van der Waals surface area contributed by atoms with Crippen LogP contribution >= 0.6 is 0 Å². The second-order valence-electron chi connectivity index (χ2n) is 8.74. The van der Waals surface area contributed by atoms with E-state index in [9.17, 15) is 31.6 Å². The van der Waals surface area contributed by atoms with Gasteiger partial charge in [-0.3, -0.25) is 14.4 Å². The summed E-state index contributed by atoms with van der Waals surface area (Å²) >= 11 is 0. The smallest absolute Gasteiger partial charge is 0.367 e. The Labute approximate surface area is 208 Å². The third kappa shape index (κ3) is 7.00. The van der Waals surface area contributed by atoms with Crippen molar-refractivity contribution in [3.63, 3.8) is 0 Å². The van der Waals surface area contributed by atoms with Crippen molar-refractivity contribution in [1.82, 2.24) is 14.9 Å². The number of likely N-dealkylation sites (tertiary alicyclic amines) is 1. The first-order valence-corrected chi connectivity index (χ1v) is 12.7. The summed E-state index contributed by atoms with van der Waals surface area (Å²) in [6.07, 6.45) is 0.255. The molecule has 3 rings (SSSR count). The van der Waals surface area contributed by atoms with Gasteiger partial charge in [0.15, 0.2) is 11.6 Å². The fourth-order valence-corrected chi connectivity index (χ4v) is 4.65. The molecule has 0 unspecified atom stereocenters. The van der Waals surface area contributed by atoms with E-state index in [0.29, 0.717) is 6.42 Å². The Hall–Kier alpha value is -3.54. The number of nitrogens with one attached hydrogen (secondary N) is 2. The minimum atomic E-state index is -4.50. The highest BCUT2D eigenvalue weighted by Gasteiger charge is 2.35. The number of para-hydroxylation sites is 1. The molecule has 2 atom stereocenters. The summed E-state index contributed by atoms with van der Waals surface area (Å²) in [6, 6.07) is 9.43. The highest BCUT2D eigenvalue weighted by atomic mass is 32.2. The lowest BCUT2D eigenvalue weighted by Gasteiger charge is -2.26. The molecule has 0 aromatic heterocycles. The van der Waals surface area contributed by atoms with Crippen molar-refractivity contribution >= 4 is 28.0 Å². The number of hydrogen-bond acceptors (Lipinski definition) is 6. The van der Waals surface area contributed by atoms with Crippen LogP contribution in [0.3, 0.4) is 0 Å². The number of carbonyl (C=O) groups is 3. The van der Waals surface area contributed by atoms with Crippen LogP contribution in [0.25, 0.3) is 0 Å². The van der Waals surface area contributed by atoms with Gasteiger partial charge in [-0.2, -0.15) is 8.42 Å². The summed E-state index contributed by atoms with van der Waals surface area (Å²) in [6.45, 7) is 3.03. The molecule has 1 saturated heterocycles. The molecule has 36 heavy (non-hydrogen) atoms. The average molecular weight is 524 g/mol. The molecule has 12 heteroatoms. The van der Waals surface area contributed by atoms with Crippen molar-refractivity contribution < 1.29 is 35.8 Å². The summed E-state index contributed by atoms with van der Waals surface area (Å²) in [4.78, 5) is 39.1. The monoisotopic (exact) mass is 523 g/mol. The van der Waals surface area contributed by atoms with E-state index < -0.39 is 51.8 Å². The highest BCUT2D eigenvalue weighted by molar-refractivity contribution is 7.85. The maximum atomic E-state index is 14.1. The molecule has 3 amide bonds. The van der Waals surface area contributed by atoms with Crippen molar-refractivity contribution in [2.24, 2.45) is 5.92 Å². The zero-order valence-corrected chi connectivity index (χ0v) is 20.6. The molecule has 0 saturated carbocycles. The molecule has 2 aromatic rings. The molecule has 2 aromatic carbocycles. The number of halogens is 2. The number of amides is 3. The van der Waals surface area contributed by atoms with Crippen molar-refractivity contribution in [2.75, 3.05) is 0 Å². The maximum Gasteiger partial charge on any atom is 0.409 e. The molecular weight excluding hydrogens is 496 g/mol. The summed E-state index contributed by atoms with van der Waals surface area (Å²) in [7, 11) is -4.50. The Morgan fingerprint density at radius 3 is 2.47 bits per heavy atom. The van der Waals surface area contributed by atoms with Crippen molar-refractivity contribution in [1.29, 1.82) is 0 Å². The van der Waals surface area contributed by atoms with E-state index in [1.54, 1.807) is 36.8 Å². The lowest BCUT2D eigenvalue weighted by Crippen LogP contribution is -2.52. The van der Waals surface area contributed by atoms with E-state index in [1.807, 2.05) is 0 Å². The van der Waals surface area contributed by atoms with Crippen LogP contribution in [0.5, 0.6) is 5.75 Å². The normalized spacial score (nSPS) is 16.6. The molecule has 1 heterocycles. The summed E-state index contributed by atoms with van der Waals surface area (Å²) in [5, 5.41) is 2.51. The second kappa shape index (κ2) is 11.5. The van der Waals surface area contributed by atoms with Gasteiger partial charge < -0.3 is 14.4 Å². The van der Waals surface area contributed by atoms with E-state index in [-0.39, 0.29) is 36.6 Å². The van der Waals surface area contributed by atoms with E-state index in [2.05, 4.69) is 5.32 Å². The molecule has 1 fully saturated rings. The van der Waals surface area contributed by atoms with Gasteiger partial charge in [-0.05, 0) is 30.5 Å². The van der Waals surface area contributed by atoms with Gasteiger partial charge in [0, 0.05) is 31.0 Å². The van der Waals surface area contributed by atoms with Crippen molar-refractivity contribution in [3.05, 3.63) is 65.7 Å². The first-order chi connectivity index (χ1) is 17.0. The van der Waals surface area contributed by atoms with Crippen LogP contribution in [0, 0.1) is 17.6 Å². The molecule has 0 radical (unpaired) electrons. The third-order valence-corrected chi connectivity index (χ3v) is 6.55. The number of nitrogens with zero attached hydrogens (tertiary/aromatic N) is 1. The van der Waals surface area contributed by atoms with Crippen LogP contribution < -0.4 is 14.2 Å². The van der Waals surface area contributed by atoms with Crippen LogP contribution in [0.15, 0.2) is 48.5 Å². The Morgan fingerprint density at radius 2 is 1.81 bits per heavy atom. The molecule has 2 N–H and O–H groups in total. The Kier molecular flexibility index (Phi) is 8.62. The standard InChI is InChI=1S/C24H27F2N3O6S/c1-15(2)23(24(32)28-36(33,34)35-18-8-4-3-5-9-18)27-20(30)13-17-11-12-21(31)29(17)14-16-7-6-10-19(25)22(16)26/h3-10,15,17,23H,11-14H2,1-2H3,(H,27,30)(H,28,32)/t17-,23-/m0/s1. The molecule has 1 aliphatic rings. The van der Waals surface area contributed by atoms with E-state index in [4.69, 9.17) is 4.18 Å². The van der Waals surface area contributed by atoms with Crippen LogP contribution in [0.1, 0.15) is 38.7 Å². The first-order valence-electron chi connectivity index (χ1n) is 11.3. The SMILES string of the molecule is CC(C)[C@H](NC(=O)C[C@@H]1CCC(=O)N1Cc1cccc(F)c1F)C(=O)NS(=O)(=O)Oc1ccccc1. The Bertz CT molecular complexity index is 1220. The quantitative estimate of drug-likeness (QED) is 0.493. The molecule has 0 spiro atoms. The molecule has 1 aliphatic heterocycles. The zero-order valence-electron chi connectivity index (χ0n) is 19.7. The predicted molar refractivity (Wildman–Crippen MR) is 125 cm³/mol. The average Bonchev–Trinajstić information content (AvgIpc) is 3.13. The van der Waals surface area contributed by atoms with Crippen LogP contribution in [0.4, 0.5) is 8.78 Å². The third-order valence-electron chi connectivity index (χ3n) is 5.69. The molecule has 9 nitrogen and oxygen atoms in total. The van der Waals surface area contributed by atoms with E-state index in [1.165, 1.54) is 29.2 Å². The molecule has 0 bridgehead atoms. The topological polar surface area (TPSA) is 122 Å². The first kappa shape index (κ1) is 27.1. The van der Waals surface area contributed by atoms with Gasteiger partial charge in [0.25, 0.3) is 5.91 Å². The van der Waals surface area contributed by atoms with Crippen LogP contribution in [-0.4, -0.2) is 43.1 Å². The Morgan fingerprint density at radius 1 is 1.11 bits per heavy atom. The number of carbonyl (C=O) groups excluding carboxylic acids is 3. The van der Waals surface area contributed by atoms with Gasteiger partial charge in [0.05, 0.1) is 0 Å². The fourth-order valence-electron chi connectivity index (χ4n) is 3.87. The van der Waals surface area contributed by atoms with E-state index >= 15 is 0 Å². The lowest BCUT2D eigenvalue weighted by molar-refractivity contribution is -0.132. The molecular formula is C24H27F2N3O6S. The molecule has 194 valence electrons. The van der Waals surface area contributed by atoms with Crippen LogP contribution in [0.2, 0.25) is 0 Å². The van der Waals surface area contributed by atoms with Gasteiger partial charge in [0.1, 0.15) is 11.8 Å². The minimum Gasteiger partial charge on any atom is -0.367 e. The van der Waals surface area contributed by atoms with Gasteiger partial charge >= 0.3 is 10.3 Å². The summed E-state index contributed by atoms with van der Waals surface area (Å²) in [5.74, 6) is -4.47. The van der Waals surface area contributed by atoms with Gasteiger partial charge in [-0.1, -0.05) is 44.2 Å². The minimum absolute atomic E-state index is 0.00339. The van der Waals surface area contributed by atoms with Gasteiger partial charge in [-0.25, -0.2) is 13.5 Å². The van der Waals surface area contributed by atoms with Crippen molar-refractivity contribution in [3.8, 4) is 5.75 Å². The predicted octanol–water partition coefficient (Wildman–Crippen LogP) is 2.43. The Balaban J connectivity index is 1.63. The number of benzene rings is 2. The highest BCUT2D eigenvalue weighted by Crippen LogP contribution is 2.25. The van der Waals surface area contributed by atoms with E-state index in [0.717, 1.165) is 6.07 Å². The summed E-state index contributed by atoms with van der Waals surface area (Å²) in [5.41, 5.74) is -0.0151. The number of rotatable bonds is 10. The van der Waals surface area contributed by atoms with Gasteiger partial charge in [0.2, 0.25) is 11.8 Å². The lowest BCUT2D eigenvalue weighted by atomic mass is 10.0. The van der Waals surface area contributed by atoms with Crippen molar-refractivity contribution in [2.45, 2.75) is 51.7 Å². The molecule has 0 aliphatic carbocycles.